The summed E-state index contributed by atoms with van der Waals surface area (Å²) in [4.78, 5) is 26.6. The van der Waals surface area contributed by atoms with Gasteiger partial charge in [-0.15, -0.1) is 0 Å². The molecule has 0 atom stereocenters. The highest BCUT2D eigenvalue weighted by molar-refractivity contribution is 7.99. The Morgan fingerprint density at radius 3 is 2.91 bits per heavy atom. The topological polar surface area (TPSA) is 86.2 Å². The van der Waals surface area contributed by atoms with E-state index in [9.17, 15) is 14.9 Å². The molecule has 0 unspecified atom stereocenters. The normalized spacial score (nSPS) is 10.8. The van der Waals surface area contributed by atoms with Gasteiger partial charge in [0.1, 0.15) is 5.52 Å². The molecule has 23 heavy (non-hydrogen) atoms. The van der Waals surface area contributed by atoms with Crippen molar-refractivity contribution in [1.82, 2.24) is 4.98 Å². The minimum atomic E-state index is -0.533. The zero-order valence-corrected chi connectivity index (χ0v) is 13.1. The summed E-state index contributed by atoms with van der Waals surface area (Å²) in [5.74, 6) is -0.166. The average Bonchev–Trinajstić information content (AvgIpc) is 2.94. The number of nitro groups is 1. The Labute approximate surface area is 139 Å². The number of halogens is 1. The van der Waals surface area contributed by atoms with E-state index in [2.05, 4.69) is 4.98 Å². The van der Waals surface area contributed by atoms with Crippen LogP contribution in [0, 0.1) is 10.1 Å². The molecule has 8 heteroatoms. The number of carbonyl (C=O) groups excluding carboxylic acids is 1. The van der Waals surface area contributed by atoms with Crippen molar-refractivity contribution in [2.24, 2.45) is 0 Å². The van der Waals surface area contributed by atoms with Crippen molar-refractivity contribution in [2.45, 2.75) is 5.22 Å². The van der Waals surface area contributed by atoms with E-state index in [1.54, 1.807) is 24.3 Å². The molecule has 0 bridgehead atoms. The van der Waals surface area contributed by atoms with Crippen LogP contribution in [0.1, 0.15) is 10.4 Å². The lowest BCUT2D eigenvalue weighted by atomic mass is 10.1. The molecule has 1 heterocycles. The minimum absolute atomic E-state index is 0.0712. The molecule has 0 spiro atoms. The van der Waals surface area contributed by atoms with Gasteiger partial charge in [-0.1, -0.05) is 35.5 Å². The average molecular weight is 349 g/mol. The first kappa shape index (κ1) is 15.5. The van der Waals surface area contributed by atoms with Gasteiger partial charge in [-0.2, -0.15) is 0 Å². The van der Waals surface area contributed by atoms with E-state index in [1.807, 2.05) is 0 Å². The SMILES string of the molecule is O=C(CSc1nc2cc(Cl)ccc2o1)c1cccc([N+](=O)[O-])c1. The number of carbonyl (C=O) groups is 1. The van der Waals surface area contributed by atoms with Crippen molar-refractivity contribution in [3.63, 3.8) is 0 Å². The Hall–Kier alpha value is -2.38. The zero-order valence-electron chi connectivity index (χ0n) is 11.6. The van der Waals surface area contributed by atoms with Crippen LogP contribution in [0.5, 0.6) is 0 Å². The van der Waals surface area contributed by atoms with E-state index in [0.29, 0.717) is 21.3 Å². The zero-order chi connectivity index (χ0) is 16.4. The standard InChI is InChI=1S/C15H9ClN2O4S/c16-10-4-5-14-12(7-10)17-15(22-14)23-8-13(19)9-2-1-3-11(6-9)18(20)21/h1-7H,8H2. The molecule has 0 aliphatic carbocycles. The van der Waals surface area contributed by atoms with E-state index < -0.39 is 4.92 Å². The Morgan fingerprint density at radius 1 is 1.30 bits per heavy atom. The largest absolute Gasteiger partial charge is 0.431 e. The molecule has 0 saturated carbocycles. The summed E-state index contributed by atoms with van der Waals surface area (Å²) in [6.45, 7) is 0. The predicted molar refractivity (Wildman–Crippen MR) is 87.2 cm³/mol. The third-order valence-corrected chi connectivity index (χ3v) is 4.10. The lowest BCUT2D eigenvalue weighted by molar-refractivity contribution is -0.384. The van der Waals surface area contributed by atoms with Gasteiger partial charge in [0.2, 0.25) is 0 Å². The molecule has 0 saturated heterocycles. The molecule has 0 amide bonds. The van der Waals surface area contributed by atoms with Crippen LogP contribution in [0.3, 0.4) is 0 Å². The van der Waals surface area contributed by atoms with Gasteiger partial charge >= 0.3 is 0 Å². The number of hydrogen-bond acceptors (Lipinski definition) is 6. The molecular weight excluding hydrogens is 340 g/mol. The van der Waals surface area contributed by atoms with Crippen LogP contribution < -0.4 is 0 Å². The fourth-order valence-corrected chi connectivity index (χ4v) is 2.84. The molecule has 2 aromatic carbocycles. The summed E-state index contributed by atoms with van der Waals surface area (Å²) >= 11 is 7.01. The molecule has 0 aliphatic heterocycles. The van der Waals surface area contributed by atoms with Crippen LogP contribution in [-0.4, -0.2) is 21.4 Å². The van der Waals surface area contributed by atoms with Gasteiger partial charge < -0.3 is 4.42 Å². The summed E-state index contributed by atoms with van der Waals surface area (Å²) in [5, 5.41) is 11.6. The van der Waals surface area contributed by atoms with Crippen molar-refractivity contribution >= 4 is 45.9 Å². The van der Waals surface area contributed by atoms with E-state index in [-0.39, 0.29) is 22.8 Å². The molecule has 0 radical (unpaired) electrons. The van der Waals surface area contributed by atoms with Crippen LogP contribution in [0.25, 0.3) is 11.1 Å². The summed E-state index contributed by atoms with van der Waals surface area (Å²) in [6.07, 6.45) is 0. The summed E-state index contributed by atoms with van der Waals surface area (Å²) in [7, 11) is 0. The first-order valence-corrected chi connectivity index (χ1v) is 7.86. The molecule has 3 aromatic rings. The molecule has 116 valence electrons. The number of fused-ring (bicyclic) bond motifs is 1. The number of nitro benzene ring substituents is 1. The van der Waals surface area contributed by atoms with Crippen LogP contribution >= 0.6 is 23.4 Å². The highest BCUT2D eigenvalue weighted by Gasteiger charge is 2.14. The first-order chi connectivity index (χ1) is 11.0. The lowest BCUT2D eigenvalue weighted by Crippen LogP contribution is -2.03. The summed E-state index contributed by atoms with van der Waals surface area (Å²) in [5.41, 5.74) is 1.37. The number of rotatable bonds is 5. The Morgan fingerprint density at radius 2 is 2.13 bits per heavy atom. The number of Topliss-reactive ketones (excluding diaryl/α,β-unsaturated/α-hetero) is 1. The number of oxazole rings is 1. The summed E-state index contributed by atoms with van der Waals surface area (Å²) < 4.78 is 5.50. The van der Waals surface area contributed by atoms with Crippen molar-refractivity contribution in [3.8, 4) is 0 Å². The third kappa shape index (κ3) is 3.52. The first-order valence-electron chi connectivity index (χ1n) is 6.49. The van der Waals surface area contributed by atoms with Crippen LogP contribution in [-0.2, 0) is 0 Å². The van der Waals surface area contributed by atoms with Crippen molar-refractivity contribution in [3.05, 3.63) is 63.2 Å². The second kappa shape index (κ2) is 6.39. The maximum Gasteiger partial charge on any atom is 0.270 e. The minimum Gasteiger partial charge on any atom is -0.431 e. The van der Waals surface area contributed by atoms with Gasteiger partial charge in [0, 0.05) is 22.7 Å². The molecule has 3 rings (SSSR count). The highest BCUT2D eigenvalue weighted by atomic mass is 35.5. The van der Waals surface area contributed by atoms with E-state index in [4.69, 9.17) is 16.0 Å². The van der Waals surface area contributed by atoms with Crippen LogP contribution in [0.2, 0.25) is 5.02 Å². The van der Waals surface area contributed by atoms with Gasteiger partial charge in [0.05, 0.1) is 10.7 Å². The van der Waals surface area contributed by atoms with Crippen LogP contribution in [0.4, 0.5) is 5.69 Å². The summed E-state index contributed by atoms with van der Waals surface area (Å²) in [6, 6.07) is 10.7. The van der Waals surface area contributed by atoms with Crippen molar-refractivity contribution in [2.75, 3.05) is 5.75 Å². The quantitative estimate of drug-likeness (QED) is 0.294. The Balaban J connectivity index is 1.72. The predicted octanol–water partition coefficient (Wildman–Crippen LogP) is 4.36. The van der Waals surface area contributed by atoms with Gasteiger partial charge in [-0.05, 0) is 18.2 Å². The fraction of sp³-hybridized carbons (Fsp3) is 0.0667. The van der Waals surface area contributed by atoms with E-state index in [1.165, 1.54) is 18.2 Å². The van der Waals surface area contributed by atoms with Gasteiger partial charge in [-0.25, -0.2) is 4.98 Å². The Bertz CT molecular complexity index is 909. The molecule has 0 N–H and O–H groups in total. The molecule has 1 aromatic heterocycles. The third-order valence-electron chi connectivity index (χ3n) is 3.04. The van der Waals surface area contributed by atoms with Gasteiger partial charge in [0.15, 0.2) is 11.4 Å². The maximum atomic E-state index is 12.1. The second-order valence-electron chi connectivity index (χ2n) is 4.61. The maximum absolute atomic E-state index is 12.1. The smallest absolute Gasteiger partial charge is 0.270 e. The number of nitrogens with zero attached hydrogens (tertiary/aromatic N) is 2. The number of thioether (sulfide) groups is 1. The highest BCUT2D eigenvalue weighted by Crippen LogP contribution is 2.26. The molecular formula is C15H9ClN2O4S. The molecule has 0 fully saturated rings. The number of non-ortho nitro benzene ring substituents is 1. The monoisotopic (exact) mass is 348 g/mol. The Kier molecular flexibility index (Phi) is 4.31. The van der Waals surface area contributed by atoms with E-state index in [0.717, 1.165) is 11.8 Å². The number of ketones is 1. The van der Waals surface area contributed by atoms with Crippen molar-refractivity contribution < 1.29 is 14.1 Å². The van der Waals surface area contributed by atoms with Crippen LogP contribution in [0.15, 0.2) is 52.1 Å². The number of aromatic nitrogens is 1. The van der Waals surface area contributed by atoms with Crippen molar-refractivity contribution in [1.29, 1.82) is 0 Å². The van der Waals surface area contributed by atoms with Gasteiger partial charge in [0.25, 0.3) is 10.9 Å². The molecule has 6 nitrogen and oxygen atoms in total. The van der Waals surface area contributed by atoms with Gasteiger partial charge in [-0.3, -0.25) is 14.9 Å². The lowest BCUT2D eigenvalue weighted by Gasteiger charge is -1.99. The number of hydrogen-bond donors (Lipinski definition) is 0. The van der Waals surface area contributed by atoms with E-state index >= 15 is 0 Å². The fourth-order valence-electron chi connectivity index (χ4n) is 1.94. The molecule has 0 aliphatic rings. The number of benzene rings is 2. The second-order valence-corrected chi connectivity index (χ2v) is 5.97.